The molecule has 0 radical (unpaired) electrons. The SMILES string of the molecule is CN1CCCC1(Oc1c(Cl)c(Cl)cc(Cl)c1Cl)c1ccccc1. The van der Waals surface area contributed by atoms with Crippen LogP contribution in [0.5, 0.6) is 5.75 Å². The minimum absolute atomic E-state index is 0.275. The third-order valence-electron chi connectivity index (χ3n) is 4.19. The van der Waals surface area contributed by atoms with E-state index in [0.29, 0.717) is 15.8 Å². The molecule has 0 saturated carbocycles. The first kappa shape index (κ1) is 17.2. The van der Waals surface area contributed by atoms with Crippen molar-refractivity contribution in [3.05, 3.63) is 62.1 Å². The van der Waals surface area contributed by atoms with Crippen LogP contribution in [0.3, 0.4) is 0 Å². The molecule has 1 atom stereocenters. The maximum atomic E-state index is 6.38. The molecular formula is C17H15Cl4NO. The van der Waals surface area contributed by atoms with E-state index in [1.54, 1.807) is 0 Å². The largest absolute Gasteiger partial charge is 0.465 e. The quantitative estimate of drug-likeness (QED) is 0.573. The topological polar surface area (TPSA) is 12.5 Å². The molecule has 0 amide bonds. The van der Waals surface area contributed by atoms with Crippen LogP contribution in [0.15, 0.2) is 36.4 Å². The second-order valence-electron chi connectivity index (χ2n) is 5.57. The molecule has 1 aliphatic rings. The van der Waals surface area contributed by atoms with E-state index >= 15 is 0 Å². The highest BCUT2D eigenvalue weighted by atomic mass is 35.5. The summed E-state index contributed by atoms with van der Waals surface area (Å²) < 4.78 is 6.38. The summed E-state index contributed by atoms with van der Waals surface area (Å²) in [6.45, 7) is 0.915. The number of likely N-dealkylation sites (tertiary alicyclic amines) is 1. The number of hydrogen-bond donors (Lipinski definition) is 0. The molecule has 0 N–H and O–H groups in total. The fourth-order valence-electron chi connectivity index (χ4n) is 2.99. The van der Waals surface area contributed by atoms with Crippen molar-refractivity contribution >= 4 is 46.4 Å². The molecule has 2 nitrogen and oxygen atoms in total. The van der Waals surface area contributed by atoms with E-state index < -0.39 is 5.72 Å². The summed E-state index contributed by atoms with van der Waals surface area (Å²) >= 11 is 24.9. The van der Waals surface area contributed by atoms with Crippen molar-refractivity contribution in [2.24, 2.45) is 0 Å². The van der Waals surface area contributed by atoms with Crippen LogP contribution in [0.2, 0.25) is 20.1 Å². The van der Waals surface area contributed by atoms with Crippen molar-refractivity contribution in [3.63, 3.8) is 0 Å². The first-order valence-electron chi connectivity index (χ1n) is 7.24. The van der Waals surface area contributed by atoms with Gasteiger partial charge in [-0.1, -0.05) is 76.7 Å². The maximum absolute atomic E-state index is 6.38. The lowest BCUT2D eigenvalue weighted by atomic mass is 10.00. The number of halogens is 4. The highest BCUT2D eigenvalue weighted by Crippen LogP contribution is 2.48. The first-order valence-corrected chi connectivity index (χ1v) is 8.75. The van der Waals surface area contributed by atoms with Crippen LogP contribution in [0.4, 0.5) is 0 Å². The minimum atomic E-state index is -0.636. The molecule has 3 rings (SSSR count). The summed E-state index contributed by atoms with van der Waals surface area (Å²) in [5.74, 6) is 0.323. The second kappa shape index (κ2) is 6.70. The highest BCUT2D eigenvalue weighted by Gasteiger charge is 2.43. The summed E-state index contributed by atoms with van der Waals surface area (Å²) in [6.07, 6.45) is 1.83. The summed E-state index contributed by atoms with van der Waals surface area (Å²) in [5, 5.41) is 1.19. The summed E-state index contributed by atoms with van der Waals surface area (Å²) in [7, 11) is 2.02. The van der Waals surface area contributed by atoms with E-state index in [1.807, 2.05) is 37.4 Å². The van der Waals surface area contributed by atoms with Crippen LogP contribution < -0.4 is 4.74 Å². The van der Waals surface area contributed by atoms with Crippen LogP contribution in [-0.4, -0.2) is 18.5 Å². The van der Waals surface area contributed by atoms with Gasteiger partial charge in [-0.15, -0.1) is 0 Å². The molecule has 23 heavy (non-hydrogen) atoms. The van der Waals surface area contributed by atoms with Gasteiger partial charge in [0.1, 0.15) is 10.0 Å². The first-order chi connectivity index (χ1) is 11.0. The third-order valence-corrected chi connectivity index (χ3v) is 5.73. The van der Waals surface area contributed by atoms with E-state index in [0.717, 1.165) is 24.9 Å². The lowest BCUT2D eigenvalue weighted by molar-refractivity contribution is -0.0480. The van der Waals surface area contributed by atoms with E-state index in [2.05, 4.69) is 4.90 Å². The fraction of sp³-hybridized carbons (Fsp3) is 0.294. The molecule has 0 bridgehead atoms. The number of benzene rings is 2. The van der Waals surface area contributed by atoms with Gasteiger partial charge in [0, 0.05) is 18.5 Å². The molecular weight excluding hydrogens is 376 g/mol. The highest BCUT2D eigenvalue weighted by molar-refractivity contribution is 6.48. The molecule has 1 unspecified atom stereocenters. The molecule has 0 aliphatic carbocycles. The average Bonchev–Trinajstić information content (AvgIpc) is 2.92. The molecule has 1 fully saturated rings. The number of hydrogen-bond acceptors (Lipinski definition) is 2. The molecule has 1 aliphatic heterocycles. The molecule has 1 heterocycles. The van der Waals surface area contributed by atoms with Gasteiger partial charge in [0.25, 0.3) is 0 Å². The van der Waals surface area contributed by atoms with Crippen LogP contribution in [-0.2, 0) is 5.72 Å². The van der Waals surface area contributed by atoms with Crippen molar-refractivity contribution in [3.8, 4) is 5.75 Å². The standard InChI is InChI=1S/C17H15Cl4NO/c1-22-9-5-8-17(22,11-6-3-2-4-7-11)23-16-14(20)12(18)10-13(19)15(16)21/h2-4,6-7,10H,5,8-9H2,1H3. The molecule has 0 aromatic heterocycles. The Balaban J connectivity index is 2.12. The Labute approximate surface area is 155 Å². The van der Waals surface area contributed by atoms with Gasteiger partial charge >= 0.3 is 0 Å². The third kappa shape index (κ3) is 3.04. The van der Waals surface area contributed by atoms with Crippen molar-refractivity contribution < 1.29 is 4.74 Å². The van der Waals surface area contributed by atoms with Gasteiger partial charge in [-0.2, -0.15) is 0 Å². The summed E-state index contributed by atoms with van der Waals surface area (Å²) in [6, 6.07) is 11.5. The molecule has 2 aromatic rings. The van der Waals surface area contributed by atoms with E-state index in [1.165, 1.54) is 6.07 Å². The van der Waals surface area contributed by atoms with Gasteiger partial charge in [0.2, 0.25) is 0 Å². The van der Waals surface area contributed by atoms with Crippen LogP contribution >= 0.6 is 46.4 Å². The Hall–Kier alpha value is -0.640. The Morgan fingerprint density at radius 1 is 1.00 bits per heavy atom. The lowest BCUT2D eigenvalue weighted by Gasteiger charge is -2.37. The van der Waals surface area contributed by atoms with Crippen molar-refractivity contribution in [2.45, 2.75) is 18.6 Å². The van der Waals surface area contributed by atoms with E-state index in [4.69, 9.17) is 51.1 Å². The Morgan fingerprint density at radius 3 is 2.13 bits per heavy atom. The molecule has 2 aromatic carbocycles. The zero-order chi connectivity index (χ0) is 16.6. The van der Waals surface area contributed by atoms with E-state index in [-0.39, 0.29) is 10.0 Å². The normalized spacial score (nSPS) is 21.6. The van der Waals surface area contributed by atoms with Crippen molar-refractivity contribution in [2.75, 3.05) is 13.6 Å². The van der Waals surface area contributed by atoms with Gasteiger partial charge in [0.15, 0.2) is 11.5 Å². The van der Waals surface area contributed by atoms with Gasteiger partial charge in [0.05, 0.1) is 10.0 Å². The monoisotopic (exact) mass is 389 g/mol. The van der Waals surface area contributed by atoms with Gasteiger partial charge < -0.3 is 4.74 Å². The van der Waals surface area contributed by atoms with Crippen molar-refractivity contribution in [1.82, 2.24) is 4.90 Å². The number of rotatable bonds is 3. The number of nitrogens with zero attached hydrogens (tertiary/aromatic N) is 1. The number of ether oxygens (including phenoxy) is 1. The molecule has 122 valence electrons. The van der Waals surface area contributed by atoms with Gasteiger partial charge in [-0.3, -0.25) is 4.90 Å². The van der Waals surface area contributed by atoms with E-state index in [9.17, 15) is 0 Å². The zero-order valence-electron chi connectivity index (χ0n) is 12.5. The van der Waals surface area contributed by atoms with Crippen LogP contribution in [0, 0.1) is 0 Å². The zero-order valence-corrected chi connectivity index (χ0v) is 15.5. The molecule has 1 saturated heterocycles. The molecule has 6 heteroatoms. The van der Waals surface area contributed by atoms with Gasteiger partial charge in [-0.25, -0.2) is 0 Å². The Kier molecular flexibility index (Phi) is 5.01. The Morgan fingerprint density at radius 2 is 1.61 bits per heavy atom. The fourth-order valence-corrected chi connectivity index (χ4v) is 3.86. The predicted octanol–water partition coefficient (Wildman–Crippen LogP) is 6.26. The second-order valence-corrected chi connectivity index (χ2v) is 7.15. The lowest BCUT2D eigenvalue weighted by Crippen LogP contribution is -2.44. The van der Waals surface area contributed by atoms with Crippen molar-refractivity contribution in [1.29, 1.82) is 0 Å². The minimum Gasteiger partial charge on any atom is -0.465 e. The van der Waals surface area contributed by atoms with Crippen LogP contribution in [0.25, 0.3) is 0 Å². The predicted molar refractivity (Wildman–Crippen MR) is 97.1 cm³/mol. The smallest absolute Gasteiger partial charge is 0.189 e. The average molecular weight is 391 g/mol. The molecule has 0 spiro atoms. The van der Waals surface area contributed by atoms with Crippen LogP contribution in [0.1, 0.15) is 18.4 Å². The summed E-state index contributed by atoms with van der Waals surface area (Å²) in [4.78, 5) is 2.16. The maximum Gasteiger partial charge on any atom is 0.189 e. The summed E-state index contributed by atoms with van der Waals surface area (Å²) in [5.41, 5.74) is 0.408. The van der Waals surface area contributed by atoms with Gasteiger partial charge in [-0.05, 0) is 19.5 Å². The Bertz CT molecular complexity index is 696.